The quantitative estimate of drug-likeness (QED) is 0.0261. The number of ether oxygens (including phenoxy) is 3. The maximum atomic E-state index is 12.9. The highest BCUT2D eigenvalue weighted by atomic mass is 16.6. The Morgan fingerprint density at radius 3 is 0.813 bits per heavy atom. The predicted molar refractivity (Wildman–Crippen MR) is 325 cm³/mol. The molecule has 422 valence electrons. The van der Waals surface area contributed by atoms with Crippen molar-refractivity contribution < 1.29 is 28.6 Å². The van der Waals surface area contributed by atoms with Crippen molar-refractivity contribution in [2.24, 2.45) is 0 Å². The zero-order valence-corrected chi connectivity index (χ0v) is 48.3. The van der Waals surface area contributed by atoms with E-state index in [1.807, 2.05) is 0 Å². The van der Waals surface area contributed by atoms with E-state index >= 15 is 0 Å². The SMILES string of the molecule is CC/C=C\C/C=C\C/C=C\C/C=C\C/C=C\CCCCCCCCCC(=O)OCC(COC(=O)CCCCCCC/C=C\C/C=C\CCC)OC(=O)CCCCCCC/C=C\C/C=C\C/C=C\C/C=C\C/C=C\CC. The number of rotatable bonds is 53. The van der Waals surface area contributed by atoms with Gasteiger partial charge in [-0.3, -0.25) is 14.4 Å². The molecule has 0 aromatic rings. The van der Waals surface area contributed by atoms with Gasteiger partial charge in [-0.1, -0.05) is 244 Å². The Balaban J connectivity index is 4.45. The van der Waals surface area contributed by atoms with Gasteiger partial charge in [0.1, 0.15) is 13.2 Å². The third-order valence-corrected chi connectivity index (χ3v) is 12.3. The van der Waals surface area contributed by atoms with Gasteiger partial charge in [0.05, 0.1) is 0 Å². The minimum Gasteiger partial charge on any atom is -0.462 e. The molecule has 0 aliphatic carbocycles. The van der Waals surface area contributed by atoms with Crippen LogP contribution in [0.15, 0.2) is 146 Å². The molecule has 6 heteroatoms. The molecule has 0 aromatic carbocycles. The first-order valence-corrected chi connectivity index (χ1v) is 30.3. The van der Waals surface area contributed by atoms with Gasteiger partial charge in [-0.05, 0) is 135 Å². The van der Waals surface area contributed by atoms with Gasteiger partial charge in [0.15, 0.2) is 6.10 Å². The monoisotopic (exact) mass is 1030 g/mol. The fourth-order valence-corrected chi connectivity index (χ4v) is 7.83. The van der Waals surface area contributed by atoms with Gasteiger partial charge in [-0.15, -0.1) is 0 Å². The molecule has 0 rings (SSSR count). The van der Waals surface area contributed by atoms with Crippen molar-refractivity contribution in [3.8, 4) is 0 Å². The van der Waals surface area contributed by atoms with Crippen molar-refractivity contribution in [3.05, 3.63) is 146 Å². The van der Waals surface area contributed by atoms with Gasteiger partial charge >= 0.3 is 17.9 Å². The maximum absolute atomic E-state index is 12.9. The molecule has 0 amide bonds. The highest BCUT2D eigenvalue weighted by Gasteiger charge is 2.19. The fourth-order valence-electron chi connectivity index (χ4n) is 7.83. The number of allylic oxidation sites excluding steroid dienone is 24. The molecular formula is C69H110O6. The molecule has 0 aliphatic heterocycles. The van der Waals surface area contributed by atoms with Crippen LogP contribution in [-0.4, -0.2) is 37.2 Å². The molecular weight excluding hydrogens is 925 g/mol. The van der Waals surface area contributed by atoms with E-state index in [1.54, 1.807) is 0 Å². The van der Waals surface area contributed by atoms with Gasteiger partial charge in [-0.2, -0.15) is 0 Å². The summed E-state index contributed by atoms with van der Waals surface area (Å²) in [6, 6.07) is 0. The maximum Gasteiger partial charge on any atom is 0.306 e. The van der Waals surface area contributed by atoms with Crippen LogP contribution >= 0.6 is 0 Å². The van der Waals surface area contributed by atoms with Crippen molar-refractivity contribution >= 4 is 17.9 Å². The molecule has 0 saturated heterocycles. The Morgan fingerprint density at radius 1 is 0.280 bits per heavy atom. The summed E-state index contributed by atoms with van der Waals surface area (Å²) in [6.07, 6.45) is 88.4. The van der Waals surface area contributed by atoms with E-state index in [-0.39, 0.29) is 31.1 Å². The van der Waals surface area contributed by atoms with Crippen LogP contribution in [0.1, 0.15) is 252 Å². The number of carbonyl (C=O) groups is 3. The molecule has 75 heavy (non-hydrogen) atoms. The van der Waals surface area contributed by atoms with Gasteiger partial charge in [0.25, 0.3) is 0 Å². The highest BCUT2D eigenvalue weighted by Crippen LogP contribution is 2.14. The second kappa shape index (κ2) is 61.8. The summed E-state index contributed by atoms with van der Waals surface area (Å²) in [5.74, 6) is -0.949. The van der Waals surface area contributed by atoms with E-state index in [1.165, 1.54) is 32.1 Å². The first kappa shape index (κ1) is 70.3. The summed E-state index contributed by atoms with van der Waals surface area (Å²) >= 11 is 0. The van der Waals surface area contributed by atoms with Crippen LogP contribution in [0.2, 0.25) is 0 Å². The standard InChI is InChI=1S/C69H110O6/c1-4-7-10-13-16-19-22-25-27-29-31-33-34-36-37-39-41-44-47-50-53-56-59-62-68(71)74-65-66(64-73-67(70)61-58-55-52-49-46-43-24-21-18-15-12-9-6-3)75-69(72)63-60-57-54-51-48-45-42-40-38-35-32-30-28-26-23-20-17-14-11-8-5-2/h7-8,10-12,15-17,19-21,24-28,31-33,35-37,40,42,66H,4-6,9,13-14,18,22-23,29-30,34,38-39,41,43-65H2,1-3H3/b10-7-,11-8-,15-12-,19-16-,20-17-,24-21-,27-25-,28-26-,33-31-,35-32-,37-36-,42-40-. The van der Waals surface area contributed by atoms with Gasteiger partial charge < -0.3 is 14.2 Å². The van der Waals surface area contributed by atoms with E-state index in [4.69, 9.17) is 14.2 Å². The van der Waals surface area contributed by atoms with Crippen LogP contribution < -0.4 is 0 Å². The summed E-state index contributed by atoms with van der Waals surface area (Å²) in [7, 11) is 0. The lowest BCUT2D eigenvalue weighted by Crippen LogP contribution is -2.30. The first-order valence-electron chi connectivity index (χ1n) is 30.3. The predicted octanol–water partition coefficient (Wildman–Crippen LogP) is 20.8. The van der Waals surface area contributed by atoms with Crippen LogP contribution in [0.5, 0.6) is 0 Å². The number of hydrogen-bond donors (Lipinski definition) is 0. The second-order valence-corrected chi connectivity index (χ2v) is 19.5. The van der Waals surface area contributed by atoms with Gasteiger partial charge in [-0.25, -0.2) is 0 Å². The lowest BCUT2D eigenvalue weighted by molar-refractivity contribution is -0.167. The number of hydrogen-bond acceptors (Lipinski definition) is 6. The van der Waals surface area contributed by atoms with E-state index in [2.05, 4.69) is 167 Å². The molecule has 6 nitrogen and oxygen atoms in total. The fraction of sp³-hybridized carbons (Fsp3) is 0.609. The minimum absolute atomic E-state index is 0.102. The lowest BCUT2D eigenvalue weighted by atomic mass is 10.1. The second-order valence-electron chi connectivity index (χ2n) is 19.5. The molecule has 0 N–H and O–H groups in total. The number of carbonyl (C=O) groups excluding carboxylic acids is 3. The highest BCUT2D eigenvalue weighted by molar-refractivity contribution is 5.71. The normalized spacial score (nSPS) is 13.2. The Labute approximate surface area is 461 Å². The molecule has 0 fully saturated rings. The van der Waals surface area contributed by atoms with Crippen molar-refractivity contribution in [2.75, 3.05) is 13.2 Å². The molecule has 0 bridgehead atoms. The van der Waals surface area contributed by atoms with Crippen molar-refractivity contribution in [1.82, 2.24) is 0 Å². The minimum atomic E-state index is -0.807. The molecule has 1 atom stereocenters. The van der Waals surface area contributed by atoms with Crippen LogP contribution in [0.25, 0.3) is 0 Å². The van der Waals surface area contributed by atoms with Crippen LogP contribution in [0.3, 0.4) is 0 Å². The largest absolute Gasteiger partial charge is 0.462 e. The Kier molecular flexibility index (Phi) is 58.0. The summed E-state index contributed by atoms with van der Waals surface area (Å²) < 4.78 is 16.9. The molecule has 0 radical (unpaired) electrons. The third kappa shape index (κ3) is 60.0. The Bertz CT molecular complexity index is 1660. The molecule has 0 heterocycles. The summed E-state index contributed by atoms with van der Waals surface area (Å²) in [6.45, 7) is 6.31. The van der Waals surface area contributed by atoms with E-state index in [0.717, 1.165) is 180 Å². The smallest absolute Gasteiger partial charge is 0.306 e. The zero-order chi connectivity index (χ0) is 54.3. The zero-order valence-electron chi connectivity index (χ0n) is 48.3. The molecule has 1 unspecified atom stereocenters. The van der Waals surface area contributed by atoms with Crippen molar-refractivity contribution in [3.63, 3.8) is 0 Å². The van der Waals surface area contributed by atoms with E-state index < -0.39 is 6.10 Å². The topological polar surface area (TPSA) is 78.9 Å². The van der Waals surface area contributed by atoms with Crippen molar-refractivity contribution in [2.45, 2.75) is 258 Å². The molecule has 0 saturated carbocycles. The number of esters is 3. The van der Waals surface area contributed by atoms with Crippen LogP contribution in [0, 0.1) is 0 Å². The van der Waals surface area contributed by atoms with E-state index in [0.29, 0.717) is 19.3 Å². The Morgan fingerprint density at radius 2 is 0.520 bits per heavy atom. The van der Waals surface area contributed by atoms with Gasteiger partial charge in [0, 0.05) is 19.3 Å². The summed E-state index contributed by atoms with van der Waals surface area (Å²) in [5.41, 5.74) is 0. The average Bonchev–Trinajstić information content (AvgIpc) is 3.41. The molecule has 0 aliphatic rings. The summed E-state index contributed by atoms with van der Waals surface area (Å²) in [4.78, 5) is 38.3. The van der Waals surface area contributed by atoms with Crippen LogP contribution in [-0.2, 0) is 28.6 Å². The average molecular weight is 1040 g/mol. The third-order valence-electron chi connectivity index (χ3n) is 12.3. The molecule has 0 spiro atoms. The Hall–Kier alpha value is -4.71. The van der Waals surface area contributed by atoms with Crippen molar-refractivity contribution in [1.29, 1.82) is 0 Å². The summed E-state index contributed by atoms with van der Waals surface area (Å²) in [5, 5.41) is 0. The van der Waals surface area contributed by atoms with Gasteiger partial charge in [0.2, 0.25) is 0 Å². The molecule has 0 aromatic heterocycles. The van der Waals surface area contributed by atoms with E-state index in [9.17, 15) is 14.4 Å². The first-order chi connectivity index (χ1) is 37.0. The number of unbranched alkanes of at least 4 members (excludes halogenated alkanes) is 18. The lowest BCUT2D eigenvalue weighted by Gasteiger charge is -2.18. The van der Waals surface area contributed by atoms with Crippen LogP contribution in [0.4, 0.5) is 0 Å².